The third-order valence-electron chi connectivity index (χ3n) is 4.33. The van der Waals surface area contributed by atoms with Gasteiger partial charge >= 0.3 is 0 Å². The summed E-state index contributed by atoms with van der Waals surface area (Å²) in [5, 5.41) is 4.74. The van der Waals surface area contributed by atoms with Gasteiger partial charge in [0.05, 0.1) is 20.5 Å². The molecule has 0 radical (unpaired) electrons. The van der Waals surface area contributed by atoms with Crippen LogP contribution in [0, 0.1) is 6.92 Å². The molecule has 9 heteroatoms. The number of nitrogens with one attached hydrogen (secondary N) is 1. The number of nitrogens with zero attached hydrogens (tertiary/aromatic N) is 2. The van der Waals surface area contributed by atoms with Crippen LogP contribution in [0.1, 0.15) is 5.56 Å². The summed E-state index contributed by atoms with van der Waals surface area (Å²) >= 11 is 12.4. The standard InChI is InChI=1S/C21H15Cl2N3O3S/c1-13-5-9-15(10-6-13)26-30(27,28)16-11-7-14(8-12-16)21-24-20(25-29-21)19-17(22)3-2-4-18(19)23/h2-12,26H,1H3. The van der Waals surface area contributed by atoms with Gasteiger partial charge in [-0.15, -0.1) is 0 Å². The second kappa shape index (κ2) is 8.10. The van der Waals surface area contributed by atoms with Gasteiger partial charge in [-0.2, -0.15) is 4.98 Å². The van der Waals surface area contributed by atoms with Crippen LogP contribution >= 0.6 is 23.2 Å². The fourth-order valence-corrected chi connectivity index (χ4v) is 4.39. The monoisotopic (exact) mass is 459 g/mol. The van der Waals surface area contributed by atoms with Gasteiger partial charge < -0.3 is 4.52 Å². The van der Waals surface area contributed by atoms with Crippen LogP contribution in [0.2, 0.25) is 10.0 Å². The van der Waals surface area contributed by atoms with E-state index in [1.54, 1.807) is 42.5 Å². The van der Waals surface area contributed by atoms with Crippen molar-refractivity contribution in [2.75, 3.05) is 4.72 Å². The molecule has 0 spiro atoms. The predicted molar refractivity (Wildman–Crippen MR) is 117 cm³/mol. The predicted octanol–water partition coefficient (Wildman–Crippen LogP) is 5.82. The lowest BCUT2D eigenvalue weighted by atomic mass is 10.2. The van der Waals surface area contributed by atoms with Crippen LogP contribution < -0.4 is 4.72 Å². The molecule has 0 amide bonds. The number of aromatic nitrogens is 2. The molecule has 0 aliphatic heterocycles. The van der Waals surface area contributed by atoms with Gasteiger partial charge in [0.15, 0.2) is 0 Å². The zero-order valence-corrected chi connectivity index (χ0v) is 18.0. The third kappa shape index (κ3) is 4.18. The van der Waals surface area contributed by atoms with E-state index in [2.05, 4.69) is 14.9 Å². The second-order valence-corrected chi connectivity index (χ2v) is 9.01. The van der Waals surface area contributed by atoms with E-state index < -0.39 is 10.0 Å². The summed E-state index contributed by atoms with van der Waals surface area (Å²) in [6.45, 7) is 1.93. The Balaban J connectivity index is 1.58. The fraction of sp³-hybridized carbons (Fsp3) is 0.0476. The SMILES string of the molecule is Cc1ccc(NS(=O)(=O)c2ccc(-c3nc(-c4c(Cl)cccc4Cl)no3)cc2)cc1. The van der Waals surface area contributed by atoms with E-state index in [4.69, 9.17) is 27.7 Å². The van der Waals surface area contributed by atoms with E-state index >= 15 is 0 Å². The van der Waals surface area contributed by atoms with Gasteiger partial charge in [0, 0.05) is 11.3 Å². The van der Waals surface area contributed by atoms with Gasteiger partial charge in [-0.1, -0.05) is 52.1 Å². The molecule has 0 fully saturated rings. The molecule has 0 bridgehead atoms. The number of hydrogen-bond acceptors (Lipinski definition) is 5. The summed E-state index contributed by atoms with van der Waals surface area (Å²) in [6, 6.07) is 18.3. The Bertz CT molecular complexity index is 1280. The van der Waals surface area contributed by atoms with Crippen molar-refractivity contribution in [2.24, 2.45) is 0 Å². The van der Waals surface area contributed by atoms with Crippen LogP contribution in [0.3, 0.4) is 0 Å². The zero-order chi connectivity index (χ0) is 21.3. The summed E-state index contributed by atoms with van der Waals surface area (Å²) in [5.74, 6) is 0.467. The molecular formula is C21H15Cl2N3O3S. The summed E-state index contributed by atoms with van der Waals surface area (Å²) in [7, 11) is -3.73. The van der Waals surface area contributed by atoms with Gasteiger partial charge in [-0.05, 0) is 55.5 Å². The molecule has 4 rings (SSSR count). The number of sulfonamides is 1. The second-order valence-electron chi connectivity index (χ2n) is 6.52. The van der Waals surface area contributed by atoms with Crippen LogP contribution in [-0.2, 0) is 10.0 Å². The zero-order valence-electron chi connectivity index (χ0n) is 15.6. The maximum absolute atomic E-state index is 12.6. The lowest BCUT2D eigenvalue weighted by Gasteiger charge is -2.08. The average molecular weight is 460 g/mol. The average Bonchev–Trinajstić information content (AvgIpc) is 3.19. The molecule has 0 aliphatic carbocycles. The number of benzene rings is 3. The number of rotatable bonds is 5. The molecule has 0 aliphatic rings. The highest BCUT2D eigenvalue weighted by Crippen LogP contribution is 2.34. The first-order valence-electron chi connectivity index (χ1n) is 8.81. The highest BCUT2D eigenvalue weighted by Gasteiger charge is 2.18. The summed E-state index contributed by atoms with van der Waals surface area (Å²) < 4.78 is 33.1. The molecule has 6 nitrogen and oxygen atoms in total. The van der Waals surface area contributed by atoms with Crippen molar-refractivity contribution in [3.05, 3.63) is 82.3 Å². The van der Waals surface area contributed by atoms with E-state index in [9.17, 15) is 8.42 Å². The lowest BCUT2D eigenvalue weighted by molar-refractivity contribution is 0.432. The highest BCUT2D eigenvalue weighted by molar-refractivity contribution is 7.92. The first-order chi connectivity index (χ1) is 14.3. The molecule has 1 heterocycles. The maximum atomic E-state index is 12.6. The molecule has 0 saturated carbocycles. The Morgan fingerprint density at radius 1 is 0.900 bits per heavy atom. The van der Waals surface area contributed by atoms with Crippen LogP contribution in [0.5, 0.6) is 0 Å². The van der Waals surface area contributed by atoms with Crippen LogP contribution in [0.15, 0.2) is 76.1 Å². The topological polar surface area (TPSA) is 85.1 Å². The van der Waals surface area contributed by atoms with Gasteiger partial charge in [-0.25, -0.2) is 8.42 Å². The number of aryl methyl sites for hydroxylation is 1. The van der Waals surface area contributed by atoms with Gasteiger partial charge in [-0.3, -0.25) is 4.72 Å². The van der Waals surface area contributed by atoms with Gasteiger partial charge in [0.2, 0.25) is 5.82 Å². The molecule has 0 saturated heterocycles. The number of halogens is 2. The van der Waals surface area contributed by atoms with Crippen molar-refractivity contribution >= 4 is 38.9 Å². The molecule has 152 valence electrons. The largest absolute Gasteiger partial charge is 0.334 e. The normalized spacial score (nSPS) is 11.4. The minimum absolute atomic E-state index is 0.112. The first-order valence-corrected chi connectivity index (χ1v) is 11.1. The van der Waals surface area contributed by atoms with Crippen molar-refractivity contribution in [3.63, 3.8) is 0 Å². The number of hydrogen-bond donors (Lipinski definition) is 1. The summed E-state index contributed by atoms with van der Waals surface area (Å²) in [4.78, 5) is 4.44. The summed E-state index contributed by atoms with van der Waals surface area (Å²) in [5.41, 5.74) is 2.56. The quantitative estimate of drug-likeness (QED) is 0.406. The maximum Gasteiger partial charge on any atom is 0.261 e. The Morgan fingerprint density at radius 3 is 2.17 bits per heavy atom. The van der Waals surface area contributed by atoms with Gasteiger partial charge in [0.25, 0.3) is 15.9 Å². The van der Waals surface area contributed by atoms with E-state index in [1.807, 2.05) is 19.1 Å². The van der Waals surface area contributed by atoms with Crippen molar-refractivity contribution in [1.82, 2.24) is 10.1 Å². The molecule has 1 aromatic heterocycles. The summed E-state index contributed by atoms with van der Waals surface area (Å²) in [6.07, 6.45) is 0. The van der Waals surface area contributed by atoms with Crippen molar-refractivity contribution in [2.45, 2.75) is 11.8 Å². The molecule has 4 aromatic rings. The van der Waals surface area contributed by atoms with E-state index in [1.165, 1.54) is 12.1 Å². The molecule has 3 aromatic carbocycles. The molecule has 30 heavy (non-hydrogen) atoms. The molecule has 0 atom stereocenters. The Labute approximate surface area is 183 Å². The fourth-order valence-electron chi connectivity index (χ4n) is 2.77. The smallest absolute Gasteiger partial charge is 0.261 e. The molecule has 1 N–H and O–H groups in total. The Morgan fingerprint density at radius 2 is 1.53 bits per heavy atom. The van der Waals surface area contributed by atoms with Crippen LogP contribution in [-0.4, -0.2) is 18.6 Å². The number of anilines is 1. The van der Waals surface area contributed by atoms with E-state index in [-0.39, 0.29) is 16.6 Å². The lowest BCUT2D eigenvalue weighted by Crippen LogP contribution is -2.12. The molecule has 0 unspecified atom stereocenters. The van der Waals surface area contributed by atoms with Crippen LogP contribution in [0.25, 0.3) is 22.8 Å². The van der Waals surface area contributed by atoms with Crippen molar-refractivity contribution in [1.29, 1.82) is 0 Å². The highest BCUT2D eigenvalue weighted by atomic mass is 35.5. The Hall–Kier alpha value is -2.87. The third-order valence-corrected chi connectivity index (χ3v) is 6.35. The minimum Gasteiger partial charge on any atom is -0.334 e. The Kier molecular flexibility index (Phi) is 5.51. The minimum atomic E-state index is -3.73. The van der Waals surface area contributed by atoms with Gasteiger partial charge in [0.1, 0.15) is 0 Å². The van der Waals surface area contributed by atoms with Crippen LogP contribution in [0.4, 0.5) is 5.69 Å². The van der Waals surface area contributed by atoms with Crippen molar-refractivity contribution in [3.8, 4) is 22.8 Å². The van der Waals surface area contributed by atoms with E-state index in [0.29, 0.717) is 26.9 Å². The van der Waals surface area contributed by atoms with E-state index in [0.717, 1.165) is 5.56 Å². The van der Waals surface area contributed by atoms with Crippen molar-refractivity contribution < 1.29 is 12.9 Å². The first kappa shape index (κ1) is 20.4. The molecular weight excluding hydrogens is 445 g/mol.